The lowest BCUT2D eigenvalue weighted by atomic mass is 9.99. The molecule has 0 aliphatic carbocycles. The van der Waals surface area contributed by atoms with E-state index in [2.05, 4.69) is 23.1 Å². The maximum Gasteiger partial charge on any atom is 0.408 e. The number of carbonyl (C=O) groups excluding carboxylic acids is 4. The molecule has 0 heterocycles. The van der Waals surface area contributed by atoms with Crippen LogP contribution in [0.1, 0.15) is 65.1 Å². The Morgan fingerprint density at radius 1 is 1.14 bits per heavy atom. The number of ether oxygens (including phenoxy) is 1. The number of terminal acetylenes is 1. The fourth-order valence-corrected chi connectivity index (χ4v) is 3.19. The third-order valence-corrected chi connectivity index (χ3v) is 4.45. The Kier molecular flexibility index (Phi) is 10.1. The van der Waals surface area contributed by atoms with E-state index in [1.807, 2.05) is 20.8 Å². The lowest BCUT2D eigenvalue weighted by Crippen LogP contribution is -2.55. The third-order valence-electron chi connectivity index (χ3n) is 4.45. The summed E-state index contributed by atoms with van der Waals surface area (Å²) in [6.45, 7) is 14.1. The number of amides is 4. The van der Waals surface area contributed by atoms with E-state index in [4.69, 9.17) is 16.9 Å². The molecule has 0 saturated heterocycles. The summed E-state index contributed by atoms with van der Waals surface area (Å²) < 4.78 is 5.23. The highest BCUT2D eigenvalue weighted by Crippen LogP contribution is 2.24. The molecule has 2 unspecified atom stereocenters. The number of primary amides is 1. The highest BCUT2D eigenvalue weighted by molar-refractivity contribution is 5.94. The van der Waals surface area contributed by atoms with E-state index in [0.29, 0.717) is 11.1 Å². The number of rotatable bonds is 9. The maximum atomic E-state index is 13.7. The number of hydrogen-bond donors (Lipinski definition) is 3. The maximum absolute atomic E-state index is 13.7. The van der Waals surface area contributed by atoms with Crippen LogP contribution in [-0.2, 0) is 19.1 Å². The molecule has 0 aliphatic rings. The minimum absolute atomic E-state index is 0.0524. The average Bonchev–Trinajstić information content (AvgIpc) is 2.69. The van der Waals surface area contributed by atoms with Gasteiger partial charge in [0.05, 0.1) is 6.42 Å². The molecule has 4 N–H and O–H groups in total. The first kappa shape index (κ1) is 29.2. The van der Waals surface area contributed by atoms with E-state index in [1.54, 1.807) is 45.0 Å². The monoisotopic (exact) mass is 484 g/mol. The van der Waals surface area contributed by atoms with Gasteiger partial charge >= 0.3 is 6.09 Å². The summed E-state index contributed by atoms with van der Waals surface area (Å²) in [6, 6.07) is 4.14. The van der Waals surface area contributed by atoms with E-state index < -0.39 is 53.5 Å². The zero-order chi connectivity index (χ0) is 27.0. The van der Waals surface area contributed by atoms with Gasteiger partial charge in [0.25, 0.3) is 0 Å². The molecule has 1 aromatic carbocycles. The van der Waals surface area contributed by atoms with Crippen molar-refractivity contribution in [3.8, 4) is 12.3 Å². The molecule has 35 heavy (non-hydrogen) atoms. The predicted molar refractivity (Wildman–Crippen MR) is 134 cm³/mol. The van der Waals surface area contributed by atoms with Gasteiger partial charge in [-0.25, -0.2) is 4.79 Å². The molecule has 9 nitrogen and oxygen atoms in total. The van der Waals surface area contributed by atoms with Gasteiger partial charge in [-0.3, -0.25) is 14.4 Å². The first-order valence-corrected chi connectivity index (χ1v) is 11.2. The molecule has 1 aromatic rings. The first-order valence-electron chi connectivity index (χ1n) is 11.2. The van der Waals surface area contributed by atoms with Gasteiger partial charge in [0.15, 0.2) is 0 Å². The van der Waals surface area contributed by atoms with Crippen LogP contribution in [0.5, 0.6) is 0 Å². The second-order valence-corrected chi connectivity index (χ2v) is 10.1. The van der Waals surface area contributed by atoms with Gasteiger partial charge in [0.2, 0.25) is 17.7 Å². The van der Waals surface area contributed by atoms with Crippen molar-refractivity contribution in [3.05, 3.63) is 48.0 Å². The Bertz CT molecular complexity index is 981. The third kappa shape index (κ3) is 9.92. The van der Waals surface area contributed by atoms with Gasteiger partial charge in [-0.2, -0.15) is 0 Å². The number of nitrogens with two attached hydrogens (primary N) is 1. The van der Waals surface area contributed by atoms with Gasteiger partial charge in [-0.15, -0.1) is 13.0 Å². The lowest BCUT2D eigenvalue weighted by molar-refractivity contribution is -0.143. The van der Waals surface area contributed by atoms with Gasteiger partial charge in [0, 0.05) is 17.6 Å². The van der Waals surface area contributed by atoms with E-state index in [-0.39, 0.29) is 6.54 Å². The van der Waals surface area contributed by atoms with Crippen LogP contribution in [0.3, 0.4) is 0 Å². The summed E-state index contributed by atoms with van der Waals surface area (Å²) in [6.07, 6.45) is 5.50. The Morgan fingerprint density at radius 3 is 2.14 bits per heavy atom. The Balaban J connectivity index is 3.50. The lowest BCUT2D eigenvalue weighted by Gasteiger charge is -2.35. The van der Waals surface area contributed by atoms with E-state index in [0.717, 1.165) is 0 Å². The number of nitrogens with one attached hydrogen (secondary N) is 2. The molecule has 4 amide bonds. The number of nitrogens with zero attached hydrogens (tertiary/aromatic N) is 1. The molecular formula is C26H36N4O5. The Morgan fingerprint density at radius 2 is 1.71 bits per heavy atom. The van der Waals surface area contributed by atoms with Crippen LogP contribution in [0.2, 0.25) is 0 Å². The summed E-state index contributed by atoms with van der Waals surface area (Å²) in [7, 11) is 0. The number of carbonyl (C=O) groups is 4. The number of alkyl carbamates (subject to hydrolysis) is 1. The van der Waals surface area contributed by atoms with Crippen molar-refractivity contribution in [1.82, 2.24) is 15.5 Å². The smallest absolute Gasteiger partial charge is 0.408 e. The number of hydrogen-bond acceptors (Lipinski definition) is 5. The zero-order valence-corrected chi connectivity index (χ0v) is 21.3. The first-order chi connectivity index (χ1) is 16.1. The molecule has 0 spiro atoms. The minimum atomic E-state index is -1.36. The van der Waals surface area contributed by atoms with Crippen molar-refractivity contribution >= 4 is 23.8 Å². The van der Waals surface area contributed by atoms with Crippen molar-refractivity contribution < 1.29 is 23.9 Å². The largest absolute Gasteiger partial charge is 0.444 e. The fraction of sp³-hybridized carbons (Fsp3) is 0.462. The topological polar surface area (TPSA) is 131 Å². The Labute approximate surface area is 207 Å². The molecule has 1 rings (SSSR count). The van der Waals surface area contributed by atoms with Crippen LogP contribution in [0.25, 0.3) is 0 Å². The second-order valence-electron chi connectivity index (χ2n) is 10.1. The molecule has 0 fully saturated rings. The van der Waals surface area contributed by atoms with Crippen molar-refractivity contribution in [2.45, 2.75) is 71.2 Å². The van der Waals surface area contributed by atoms with Gasteiger partial charge in [0.1, 0.15) is 17.7 Å². The van der Waals surface area contributed by atoms with Crippen LogP contribution in [0, 0.1) is 12.3 Å². The SMILES string of the molecule is C#Cc1ccc(C(C(=O)NC(C)(C)C)N(CC=C)C(=O)C(CC(N)=O)NC(=O)OC(C)(C)C)cc1. The standard InChI is InChI=1S/C26H36N4O5/c1-9-15-30(23(33)19(16-20(27)31)28-24(34)35-26(6,7)8)21(22(32)29-25(3,4)5)18-13-11-17(10-2)12-14-18/h2,9,11-14,19,21H,1,15-16H2,3-8H3,(H2,27,31)(H,28,34)(H,29,32). The molecular weight excluding hydrogens is 448 g/mol. The summed E-state index contributed by atoms with van der Waals surface area (Å²) in [5, 5.41) is 5.29. The fourth-order valence-electron chi connectivity index (χ4n) is 3.19. The molecule has 9 heteroatoms. The van der Waals surface area contributed by atoms with Crippen molar-refractivity contribution in [2.75, 3.05) is 6.54 Å². The highest BCUT2D eigenvalue weighted by Gasteiger charge is 2.37. The van der Waals surface area contributed by atoms with Crippen molar-refractivity contribution in [3.63, 3.8) is 0 Å². The van der Waals surface area contributed by atoms with Crippen LogP contribution >= 0.6 is 0 Å². The normalized spacial score (nSPS) is 12.9. The quantitative estimate of drug-likeness (QED) is 0.366. The molecule has 0 bridgehead atoms. The molecule has 0 saturated carbocycles. The van der Waals surface area contributed by atoms with E-state index in [9.17, 15) is 19.2 Å². The molecule has 0 aliphatic heterocycles. The number of benzene rings is 1. The highest BCUT2D eigenvalue weighted by atomic mass is 16.6. The summed E-state index contributed by atoms with van der Waals surface area (Å²) in [4.78, 5) is 52.4. The van der Waals surface area contributed by atoms with Gasteiger partial charge in [-0.05, 0) is 59.2 Å². The van der Waals surface area contributed by atoms with Crippen LogP contribution in [0.4, 0.5) is 4.79 Å². The Hall–Kier alpha value is -3.80. The molecule has 190 valence electrons. The van der Waals surface area contributed by atoms with Gasteiger partial charge in [-0.1, -0.05) is 24.1 Å². The molecule has 0 aromatic heterocycles. The predicted octanol–water partition coefficient (Wildman–Crippen LogP) is 2.41. The summed E-state index contributed by atoms with van der Waals surface area (Å²) in [5.41, 5.74) is 5.00. The minimum Gasteiger partial charge on any atom is -0.444 e. The molecule has 0 radical (unpaired) electrons. The second kappa shape index (κ2) is 12.1. The van der Waals surface area contributed by atoms with Crippen molar-refractivity contribution in [1.29, 1.82) is 0 Å². The molecule has 2 atom stereocenters. The van der Waals surface area contributed by atoms with E-state index >= 15 is 0 Å². The van der Waals surface area contributed by atoms with Crippen LogP contribution in [-0.4, -0.2) is 52.4 Å². The van der Waals surface area contributed by atoms with Gasteiger partial charge < -0.3 is 26.0 Å². The van der Waals surface area contributed by atoms with Crippen LogP contribution < -0.4 is 16.4 Å². The zero-order valence-electron chi connectivity index (χ0n) is 21.3. The summed E-state index contributed by atoms with van der Waals surface area (Å²) in [5.74, 6) is 0.529. The van der Waals surface area contributed by atoms with Crippen LogP contribution in [0.15, 0.2) is 36.9 Å². The average molecular weight is 485 g/mol. The van der Waals surface area contributed by atoms with E-state index in [1.165, 1.54) is 11.0 Å². The summed E-state index contributed by atoms with van der Waals surface area (Å²) >= 11 is 0. The van der Waals surface area contributed by atoms with Crippen molar-refractivity contribution in [2.24, 2.45) is 5.73 Å².